The van der Waals surface area contributed by atoms with Gasteiger partial charge in [0.2, 0.25) is 0 Å². The van der Waals surface area contributed by atoms with Crippen LogP contribution >= 0.6 is 0 Å². The molecule has 0 saturated carbocycles. The predicted molar refractivity (Wildman–Crippen MR) is 31.2 cm³/mol. The molecule has 7 heavy (non-hydrogen) atoms. The van der Waals surface area contributed by atoms with E-state index in [1.165, 1.54) is 12.0 Å². The van der Waals surface area contributed by atoms with E-state index in [2.05, 4.69) is 18.8 Å². The van der Waals surface area contributed by atoms with Crippen LogP contribution in [-0.4, -0.2) is 12.6 Å². The van der Waals surface area contributed by atoms with Gasteiger partial charge in [0, 0.05) is 12.6 Å². The van der Waals surface area contributed by atoms with Crippen LogP contribution in [0.3, 0.4) is 0 Å². The fraction of sp³-hybridized carbons (Fsp3) is 0.667. The van der Waals surface area contributed by atoms with Gasteiger partial charge in [0.1, 0.15) is 0 Å². The molecule has 0 aromatic carbocycles. The SMILES string of the molecule is C=C1CN[C@H](C)C1. The lowest BCUT2D eigenvalue weighted by Gasteiger charge is -1.94. The first-order chi connectivity index (χ1) is 3.29. The Balaban J connectivity index is 2.40. The summed E-state index contributed by atoms with van der Waals surface area (Å²) >= 11 is 0. The first-order valence-electron chi connectivity index (χ1n) is 2.69. The normalized spacial score (nSPS) is 31.6. The Morgan fingerprint density at radius 2 is 2.57 bits per heavy atom. The van der Waals surface area contributed by atoms with E-state index in [9.17, 15) is 0 Å². The van der Waals surface area contributed by atoms with Crippen molar-refractivity contribution in [3.63, 3.8) is 0 Å². The summed E-state index contributed by atoms with van der Waals surface area (Å²) in [5.41, 5.74) is 1.34. The van der Waals surface area contributed by atoms with Gasteiger partial charge in [-0.05, 0) is 13.3 Å². The zero-order valence-electron chi connectivity index (χ0n) is 4.70. The van der Waals surface area contributed by atoms with E-state index in [-0.39, 0.29) is 0 Å². The third-order valence-corrected chi connectivity index (χ3v) is 1.30. The zero-order chi connectivity index (χ0) is 5.28. The molecule has 40 valence electrons. The van der Waals surface area contributed by atoms with Crippen LogP contribution in [0.4, 0.5) is 0 Å². The van der Waals surface area contributed by atoms with Gasteiger partial charge in [0.15, 0.2) is 0 Å². The summed E-state index contributed by atoms with van der Waals surface area (Å²) in [5.74, 6) is 0. The first-order valence-corrected chi connectivity index (χ1v) is 2.69. The molecule has 1 fully saturated rings. The van der Waals surface area contributed by atoms with Crippen molar-refractivity contribution in [3.05, 3.63) is 12.2 Å². The molecule has 1 N–H and O–H groups in total. The van der Waals surface area contributed by atoms with Crippen molar-refractivity contribution in [2.24, 2.45) is 0 Å². The molecule has 1 nitrogen and oxygen atoms in total. The number of rotatable bonds is 0. The fourth-order valence-corrected chi connectivity index (χ4v) is 0.896. The summed E-state index contributed by atoms with van der Waals surface area (Å²) in [6, 6.07) is 0.674. The molecule has 1 aliphatic heterocycles. The Morgan fingerprint density at radius 3 is 2.71 bits per heavy atom. The molecule has 0 aromatic heterocycles. The minimum Gasteiger partial charge on any atom is -0.310 e. The van der Waals surface area contributed by atoms with E-state index >= 15 is 0 Å². The van der Waals surface area contributed by atoms with E-state index in [0.717, 1.165) is 6.54 Å². The van der Waals surface area contributed by atoms with Crippen molar-refractivity contribution >= 4 is 0 Å². The van der Waals surface area contributed by atoms with Gasteiger partial charge in [-0.2, -0.15) is 0 Å². The molecule has 1 aliphatic rings. The molecule has 0 radical (unpaired) electrons. The van der Waals surface area contributed by atoms with E-state index in [1.807, 2.05) is 0 Å². The number of hydrogen-bond acceptors (Lipinski definition) is 1. The Bertz CT molecular complexity index is 86.2. The lowest BCUT2D eigenvalue weighted by molar-refractivity contribution is 0.667. The molecule has 1 heteroatoms. The van der Waals surface area contributed by atoms with Crippen LogP contribution in [0.2, 0.25) is 0 Å². The Labute approximate surface area is 44.4 Å². The summed E-state index contributed by atoms with van der Waals surface area (Å²) in [5, 5.41) is 3.27. The third-order valence-electron chi connectivity index (χ3n) is 1.30. The molecule has 0 spiro atoms. The quantitative estimate of drug-likeness (QED) is 0.443. The van der Waals surface area contributed by atoms with E-state index < -0.39 is 0 Å². The second-order valence-electron chi connectivity index (χ2n) is 2.24. The standard InChI is InChI=1S/C6H11N/c1-5-3-6(2)7-4-5/h6-7H,1,3-4H2,2H3/t6-/m1/s1. The minimum absolute atomic E-state index is 0.674. The van der Waals surface area contributed by atoms with Crippen LogP contribution in [0.1, 0.15) is 13.3 Å². The Hall–Kier alpha value is -0.300. The van der Waals surface area contributed by atoms with Gasteiger partial charge in [-0.3, -0.25) is 0 Å². The van der Waals surface area contributed by atoms with Crippen LogP contribution in [-0.2, 0) is 0 Å². The zero-order valence-corrected chi connectivity index (χ0v) is 4.70. The molecular formula is C6H11N. The monoisotopic (exact) mass is 97.1 g/mol. The molecule has 0 aromatic rings. The average molecular weight is 97.2 g/mol. The highest BCUT2D eigenvalue weighted by atomic mass is 14.9. The molecule has 1 atom stereocenters. The number of nitrogens with one attached hydrogen (secondary N) is 1. The molecule has 0 aliphatic carbocycles. The molecule has 0 bridgehead atoms. The van der Waals surface area contributed by atoms with Crippen LogP contribution in [0.25, 0.3) is 0 Å². The second kappa shape index (κ2) is 1.66. The Morgan fingerprint density at radius 1 is 1.86 bits per heavy atom. The summed E-state index contributed by atoms with van der Waals surface area (Å²) < 4.78 is 0. The Kier molecular flexibility index (Phi) is 1.15. The number of hydrogen-bond donors (Lipinski definition) is 1. The minimum atomic E-state index is 0.674. The van der Waals surface area contributed by atoms with Crippen molar-refractivity contribution in [1.82, 2.24) is 5.32 Å². The summed E-state index contributed by atoms with van der Waals surface area (Å²) in [6.07, 6.45) is 1.17. The highest BCUT2D eigenvalue weighted by Crippen LogP contribution is 2.07. The summed E-state index contributed by atoms with van der Waals surface area (Å²) in [4.78, 5) is 0. The van der Waals surface area contributed by atoms with Crippen molar-refractivity contribution in [1.29, 1.82) is 0 Å². The van der Waals surface area contributed by atoms with Crippen molar-refractivity contribution in [3.8, 4) is 0 Å². The molecule has 0 amide bonds. The van der Waals surface area contributed by atoms with Gasteiger partial charge in [0.25, 0.3) is 0 Å². The summed E-state index contributed by atoms with van der Waals surface area (Å²) in [7, 11) is 0. The van der Waals surface area contributed by atoms with Gasteiger partial charge in [-0.1, -0.05) is 12.2 Å². The molecule has 1 saturated heterocycles. The largest absolute Gasteiger partial charge is 0.310 e. The molecule has 1 rings (SSSR count). The highest BCUT2D eigenvalue weighted by Gasteiger charge is 2.09. The average Bonchev–Trinajstić information content (AvgIpc) is 1.87. The van der Waals surface area contributed by atoms with Gasteiger partial charge >= 0.3 is 0 Å². The van der Waals surface area contributed by atoms with Crippen molar-refractivity contribution in [2.75, 3.05) is 6.54 Å². The van der Waals surface area contributed by atoms with Crippen LogP contribution in [0.5, 0.6) is 0 Å². The second-order valence-corrected chi connectivity index (χ2v) is 2.24. The maximum absolute atomic E-state index is 3.84. The van der Waals surface area contributed by atoms with E-state index in [4.69, 9.17) is 0 Å². The smallest absolute Gasteiger partial charge is 0.0165 e. The van der Waals surface area contributed by atoms with E-state index in [0.29, 0.717) is 6.04 Å². The predicted octanol–water partition coefficient (Wildman–Crippen LogP) is 0.924. The molecular weight excluding hydrogens is 86.1 g/mol. The van der Waals surface area contributed by atoms with Gasteiger partial charge < -0.3 is 5.32 Å². The lowest BCUT2D eigenvalue weighted by Crippen LogP contribution is -2.16. The van der Waals surface area contributed by atoms with Gasteiger partial charge in [0.05, 0.1) is 0 Å². The molecule has 1 heterocycles. The first kappa shape index (κ1) is 4.85. The molecule has 0 unspecified atom stereocenters. The van der Waals surface area contributed by atoms with Crippen LogP contribution < -0.4 is 5.32 Å². The lowest BCUT2D eigenvalue weighted by atomic mass is 10.2. The summed E-state index contributed by atoms with van der Waals surface area (Å²) in [6.45, 7) is 7.05. The van der Waals surface area contributed by atoms with Gasteiger partial charge in [-0.15, -0.1) is 0 Å². The maximum atomic E-state index is 3.84. The maximum Gasteiger partial charge on any atom is 0.0165 e. The van der Waals surface area contributed by atoms with Crippen molar-refractivity contribution in [2.45, 2.75) is 19.4 Å². The van der Waals surface area contributed by atoms with Gasteiger partial charge in [-0.25, -0.2) is 0 Å². The third kappa shape index (κ3) is 1.03. The fourth-order valence-electron chi connectivity index (χ4n) is 0.896. The van der Waals surface area contributed by atoms with E-state index in [1.54, 1.807) is 0 Å². The van der Waals surface area contributed by atoms with Crippen LogP contribution in [0, 0.1) is 0 Å². The van der Waals surface area contributed by atoms with Crippen LogP contribution in [0.15, 0.2) is 12.2 Å². The van der Waals surface area contributed by atoms with Crippen molar-refractivity contribution < 1.29 is 0 Å². The highest BCUT2D eigenvalue weighted by molar-refractivity contribution is 5.05. The topological polar surface area (TPSA) is 12.0 Å².